The van der Waals surface area contributed by atoms with Gasteiger partial charge < -0.3 is 5.32 Å². The zero-order valence-corrected chi connectivity index (χ0v) is 15.0. The highest BCUT2D eigenvalue weighted by Gasteiger charge is 2.37. The topological polar surface area (TPSA) is 71.0 Å². The van der Waals surface area contributed by atoms with Crippen molar-refractivity contribution in [3.8, 4) is 0 Å². The summed E-state index contributed by atoms with van der Waals surface area (Å²) in [5.41, 5.74) is 9.04. The van der Waals surface area contributed by atoms with E-state index in [1.807, 2.05) is 16.9 Å². The first-order valence-corrected chi connectivity index (χ1v) is 9.61. The summed E-state index contributed by atoms with van der Waals surface area (Å²) in [5, 5.41) is 7.28. The molecule has 26 heavy (non-hydrogen) atoms. The molecular formula is C20H27N5O. The predicted octanol–water partition coefficient (Wildman–Crippen LogP) is 1.97. The van der Waals surface area contributed by atoms with Crippen molar-refractivity contribution >= 4 is 5.91 Å². The molecule has 1 aliphatic heterocycles. The van der Waals surface area contributed by atoms with Crippen LogP contribution in [0, 0.1) is 5.92 Å². The van der Waals surface area contributed by atoms with Gasteiger partial charge in [-0.3, -0.25) is 20.3 Å². The Morgan fingerprint density at radius 1 is 1.15 bits per heavy atom. The molecule has 2 aromatic rings. The van der Waals surface area contributed by atoms with Crippen LogP contribution in [0.3, 0.4) is 0 Å². The van der Waals surface area contributed by atoms with Gasteiger partial charge in [-0.2, -0.15) is 5.10 Å². The molecule has 0 bridgehead atoms. The molecule has 2 aliphatic rings. The first kappa shape index (κ1) is 17.2. The van der Waals surface area contributed by atoms with Gasteiger partial charge in [0, 0.05) is 37.4 Å². The van der Waals surface area contributed by atoms with Crippen molar-refractivity contribution in [2.45, 2.75) is 57.3 Å². The second-order valence-corrected chi connectivity index (χ2v) is 7.45. The average molecular weight is 353 g/mol. The molecule has 0 radical (unpaired) electrons. The Labute approximate surface area is 154 Å². The number of hydrogen-bond acceptors (Lipinski definition) is 4. The summed E-state index contributed by atoms with van der Waals surface area (Å²) in [4.78, 5) is 12.3. The third-order valence-corrected chi connectivity index (χ3v) is 5.61. The molecule has 6 heteroatoms. The lowest BCUT2D eigenvalue weighted by Gasteiger charge is -2.26. The molecule has 3 atom stereocenters. The fourth-order valence-corrected chi connectivity index (χ4v) is 4.16. The van der Waals surface area contributed by atoms with Crippen LogP contribution in [0.15, 0.2) is 42.7 Å². The number of hydrazine groups is 1. The number of nitrogens with zero attached hydrogens (tertiary/aromatic N) is 2. The summed E-state index contributed by atoms with van der Waals surface area (Å²) >= 11 is 0. The van der Waals surface area contributed by atoms with Crippen LogP contribution in [0.25, 0.3) is 0 Å². The molecule has 3 unspecified atom stereocenters. The van der Waals surface area contributed by atoms with Gasteiger partial charge in [-0.05, 0) is 36.0 Å². The fraction of sp³-hybridized carbons (Fsp3) is 0.500. The first-order chi connectivity index (χ1) is 12.8. The van der Waals surface area contributed by atoms with Gasteiger partial charge in [0.15, 0.2) is 0 Å². The minimum Gasteiger partial charge on any atom is -0.352 e. The lowest BCUT2D eigenvalue weighted by Crippen LogP contribution is -2.37. The largest absolute Gasteiger partial charge is 0.352 e. The molecule has 2 fully saturated rings. The number of rotatable bonds is 6. The Hall–Kier alpha value is -2.18. The summed E-state index contributed by atoms with van der Waals surface area (Å²) < 4.78 is 1.90. The van der Waals surface area contributed by atoms with Crippen molar-refractivity contribution in [1.82, 2.24) is 25.9 Å². The van der Waals surface area contributed by atoms with E-state index in [-0.39, 0.29) is 11.9 Å². The maximum absolute atomic E-state index is 12.3. The van der Waals surface area contributed by atoms with Crippen LogP contribution in [-0.2, 0) is 17.9 Å². The quantitative estimate of drug-likeness (QED) is 0.743. The zero-order valence-electron chi connectivity index (χ0n) is 15.0. The molecule has 2 heterocycles. The van der Waals surface area contributed by atoms with Crippen molar-refractivity contribution < 1.29 is 4.79 Å². The van der Waals surface area contributed by atoms with Crippen LogP contribution in [0.4, 0.5) is 0 Å². The second-order valence-electron chi connectivity index (χ2n) is 7.45. The van der Waals surface area contributed by atoms with Gasteiger partial charge in [-0.25, -0.2) is 0 Å². The standard InChI is InChI=1S/C20H27N5O/c26-20(12-19-17-4-1-2-5-18(17)23-24-19)21-13-15-6-8-16(9-7-15)14-25-11-3-10-22-25/h3,6-11,17-19,23-24H,1-2,4-5,12-14H2,(H,21,26). The smallest absolute Gasteiger partial charge is 0.221 e. The number of aromatic nitrogens is 2. The lowest BCUT2D eigenvalue weighted by molar-refractivity contribution is -0.121. The van der Waals surface area contributed by atoms with Crippen molar-refractivity contribution in [1.29, 1.82) is 0 Å². The number of hydrogen-bond donors (Lipinski definition) is 3. The molecule has 1 aromatic heterocycles. The maximum atomic E-state index is 12.3. The first-order valence-electron chi connectivity index (χ1n) is 9.61. The Bertz CT molecular complexity index is 712. The van der Waals surface area contributed by atoms with Gasteiger partial charge in [-0.1, -0.05) is 37.1 Å². The SMILES string of the molecule is O=C(CC1NNC2CCCCC21)NCc1ccc(Cn2cccn2)cc1. The number of carbonyl (C=O) groups is 1. The second kappa shape index (κ2) is 8.01. The van der Waals surface area contributed by atoms with Gasteiger partial charge in [0.2, 0.25) is 5.91 Å². The third-order valence-electron chi connectivity index (χ3n) is 5.61. The van der Waals surface area contributed by atoms with Crippen LogP contribution in [0.5, 0.6) is 0 Å². The molecule has 1 aliphatic carbocycles. The number of amides is 1. The molecule has 1 saturated carbocycles. The molecule has 138 valence electrons. The van der Waals surface area contributed by atoms with E-state index in [0.29, 0.717) is 24.9 Å². The fourth-order valence-electron chi connectivity index (χ4n) is 4.16. The van der Waals surface area contributed by atoms with E-state index in [4.69, 9.17) is 0 Å². The van der Waals surface area contributed by atoms with E-state index >= 15 is 0 Å². The Morgan fingerprint density at radius 3 is 2.77 bits per heavy atom. The van der Waals surface area contributed by atoms with Gasteiger partial charge in [0.05, 0.1) is 6.54 Å². The van der Waals surface area contributed by atoms with Gasteiger partial charge in [0.1, 0.15) is 0 Å². The lowest BCUT2D eigenvalue weighted by atomic mass is 9.81. The summed E-state index contributed by atoms with van der Waals surface area (Å²) in [5.74, 6) is 0.715. The van der Waals surface area contributed by atoms with Crippen LogP contribution < -0.4 is 16.2 Å². The number of nitrogens with one attached hydrogen (secondary N) is 3. The summed E-state index contributed by atoms with van der Waals surface area (Å²) in [6.45, 7) is 1.34. The average Bonchev–Trinajstić information content (AvgIpc) is 3.32. The highest BCUT2D eigenvalue weighted by molar-refractivity contribution is 5.76. The maximum Gasteiger partial charge on any atom is 0.221 e. The molecule has 3 N–H and O–H groups in total. The Kier molecular flexibility index (Phi) is 5.32. The minimum absolute atomic E-state index is 0.121. The van der Waals surface area contributed by atoms with E-state index in [2.05, 4.69) is 45.5 Å². The Morgan fingerprint density at radius 2 is 1.96 bits per heavy atom. The number of carbonyl (C=O) groups excluding carboxylic acids is 1. The van der Waals surface area contributed by atoms with E-state index in [0.717, 1.165) is 12.1 Å². The van der Waals surface area contributed by atoms with E-state index < -0.39 is 0 Å². The minimum atomic E-state index is 0.121. The highest BCUT2D eigenvalue weighted by Crippen LogP contribution is 2.31. The van der Waals surface area contributed by atoms with Crippen molar-refractivity contribution in [2.75, 3.05) is 0 Å². The van der Waals surface area contributed by atoms with Crippen LogP contribution in [0.1, 0.15) is 43.2 Å². The normalized spacial score (nSPS) is 25.0. The predicted molar refractivity (Wildman–Crippen MR) is 100 cm³/mol. The molecule has 1 saturated heterocycles. The molecule has 1 aromatic carbocycles. The van der Waals surface area contributed by atoms with Gasteiger partial charge in [0.25, 0.3) is 0 Å². The molecule has 4 rings (SSSR count). The Balaban J connectivity index is 1.24. The summed E-state index contributed by atoms with van der Waals surface area (Å²) in [6.07, 6.45) is 9.32. The molecule has 6 nitrogen and oxygen atoms in total. The molecular weight excluding hydrogens is 326 g/mol. The van der Waals surface area contributed by atoms with Crippen molar-refractivity contribution in [2.24, 2.45) is 5.92 Å². The van der Waals surface area contributed by atoms with Crippen molar-refractivity contribution in [3.05, 3.63) is 53.9 Å². The molecule has 0 spiro atoms. The molecule has 1 amide bonds. The van der Waals surface area contributed by atoms with Crippen LogP contribution >= 0.6 is 0 Å². The monoisotopic (exact) mass is 353 g/mol. The van der Waals surface area contributed by atoms with Crippen molar-refractivity contribution in [3.63, 3.8) is 0 Å². The highest BCUT2D eigenvalue weighted by atomic mass is 16.1. The summed E-state index contributed by atoms with van der Waals surface area (Å²) in [7, 11) is 0. The van der Waals surface area contributed by atoms with Crippen LogP contribution in [0.2, 0.25) is 0 Å². The number of benzene rings is 1. The summed E-state index contributed by atoms with van der Waals surface area (Å²) in [6, 6.07) is 11.1. The van der Waals surface area contributed by atoms with Gasteiger partial charge >= 0.3 is 0 Å². The van der Waals surface area contributed by atoms with Gasteiger partial charge in [-0.15, -0.1) is 0 Å². The zero-order chi connectivity index (χ0) is 17.8. The number of fused-ring (bicyclic) bond motifs is 1. The van der Waals surface area contributed by atoms with E-state index in [1.165, 1.54) is 31.2 Å². The third kappa shape index (κ3) is 4.14. The van der Waals surface area contributed by atoms with E-state index in [9.17, 15) is 4.79 Å². The van der Waals surface area contributed by atoms with Crippen LogP contribution in [-0.4, -0.2) is 27.8 Å². The van der Waals surface area contributed by atoms with E-state index in [1.54, 1.807) is 6.20 Å².